The molecule has 1 aromatic heterocycles. The predicted octanol–water partition coefficient (Wildman–Crippen LogP) is 2.17. The highest BCUT2D eigenvalue weighted by Gasteiger charge is 2.16. The topological polar surface area (TPSA) is 43.4 Å². The van der Waals surface area contributed by atoms with Crippen LogP contribution in [0, 0.1) is 5.92 Å². The molecule has 1 N–H and O–H groups in total. The summed E-state index contributed by atoms with van der Waals surface area (Å²) in [7, 11) is 0. The molecule has 100 valence electrons. The van der Waals surface area contributed by atoms with E-state index in [2.05, 4.69) is 30.2 Å². The molecule has 2 atom stereocenters. The van der Waals surface area contributed by atoms with E-state index in [0.717, 1.165) is 26.2 Å². The Morgan fingerprint density at radius 3 is 3.06 bits per heavy atom. The van der Waals surface area contributed by atoms with E-state index < -0.39 is 0 Å². The molecule has 0 saturated carbocycles. The van der Waals surface area contributed by atoms with Gasteiger partial charge >= 0.3 is 0 Å². The van der Waals surface area contributed by atoms with Gasteiger partial charge in [0.1, 0.15) is 0 Å². The highest BCUT2D eigenvalue weighted by atomic mass is 16.5. The van der Waals surface area contributed by atoms with Crippen molar-refractivity contribution >= 4 is 0 Å². The lowest BCUT2D eigenvalue weighted by molar-refractivity contribution is 0.165. The third-order valence-electron chi connectivity index (χ3n) is 3.26. The van der Waals surface area contributed by atoms with E-state index in [1.807, 2.05) is 12.3 Å². The highest BCUT2D eigenvalue weighted by molar-refractivity contribution is 5.20. The van der Waals surface area contributed by atoms with Gasteiger partial charge in [0.2, 0.25) is 5.88 Å². The van der Waals surface area contributed by atoms with E-state index in [0.29, 0.717) is 24.4 Å². The molecule has 0 radical (unpaired) electrons. The Morgan fingerprint density at radius 2 is 2.44 bits per heavy atom. The zero-order valence-electron chi connectivity index (χ0n) is 11.2. The molecule has 1 aliphatic rings. The summed E-state index contributed by atoms with van der Waals surface area (Å²) in [4.78, 5) is 4.34. The zero-order chi connectivity index (χ0) is 12.8. The minimum absolute atomic E-state index is 0.333. The molecule has 4 heteroatoms. The smallest absolute Gasteiger partial charge is 0.213 e. The lowest BCUT2D eigenvalue weighted by Gasteiger charge is -2.13. The van der Waals surface area contributed by atoms with Crippen molar-refractivity contribution in [3.8, 4) is 5.88 Å². The van der Waals surface area contributed by atoms with E-state index in [4.69, 9.17) is 9.47 Å². The van der Waals surface area contributed by atoms with Gasteiger partial charge in [0, 0.05) is 30.8 Å². The molecule has 1 saturated heterocycles. The second-order valence-corrected chi connectivity index (χ2v) is 4.75. The van der Waals surface area contributed by atoms with Gasteiger partial charge in [0.05, 0.1) is 13.2 Å². The summed E-state index contributed by atoms with van der Waals surface area (Å²) in [5.74, 6) is 1.22. The molecule has 1 fully saturated rings. The van der Waals surface area contributed by atoms with Crippen LogP contribution in [0.3, 0.4) is 0 Å². The highest BCUT2D eigenvalue weighted by Crippen LogP contribution is 2.17. The molecule has 2 heterocycles. The van der Waals surface area contributed by atoms with Gasteiger partial charge < -0.3 is 14.8 Å². The maximum absolute atomic E-state index is 5.67. The fraction of sp³-hybridized carbons (Fsp3) is 0.643. The third kappa shape index (κ3) is 3.68. The average molecular weight is 250 g/mol. The Bertz CT molecular complexity index is 347. The molecule has 2 unspecified atom stereocenters. The lowest BCUT2D eigenvalue weighted by atomic mass is 10.1. The van der Waals surface area contributed by atoms with Crippen molar-refractivity contribution in [2.45, 2.75) is 26.3 Å². The molecule has 18 heavy (non-hydrogen) atoms. The molecule has 0 aromatic carbocycles. The minimum atomic E-state index is 0.333. The second kappa shape index (κ2) is 6.71. The Kier molecular flexibility index (Phi) is 4.96. The van der Waals surface area contributed by atoms with Crippen LogP contribution in [0.5, 0.6) is 5.88 Å². The number of aromatic nitrogens is 1. The first-order chi connectivity index (χ1) is 8.79. The summed E-state index contributed by atoms with van der Waals surface area (Å²) in [5.41, 5.74) is 1.19. The number of nitrogens with one attached hydrogen (secondary N) is 1. The molecular weight excluding hydrogens is 228 g/mol. The first kappa shape index (κ1) is 13.3. The Labute approximate surface area is 109 Å². The summed E-state index contributed by atoms with van der Waals surface area (Å²) >= 11 is 0. The summed E-state index contributed by atoms with van der Waals surface area (Å²) in [5, 5.41) is 3.36. The molecule has 2 rings (SSSR count). The predicted molar refractivity (Wildman–Crippen MR) is 70.7 cm³/mol. The molecule has 0 spiro atoms. The number of ether oxygens (including phenoxy) is 2. The number of rotatable bonds is 6. The van der Waals surface area contributed by atoms with Gasteiger partial charge in [-0.1, -0.05) is 13.0 Å². The number of pyridine rings is 1. The first-order valence-electron chi connectivity index (χ1n) is 6.69. The number of nitrogens with zero attached hydrogens (tertiary/aromatic N) is 1. The quantitative estimate of drug-likeness (QED) is 0.840. The fourth-order valence-corrected chi connectivity index (χ4v) is 2.08. The first-order valence-corrected chi connectivity index (χ1v) is 6.69. The van der Waals surface area contributed by atoms with Gasteiger partial charge in [0.25, 0.3) is 0 Å². The van der Waals surface area contributed by atoms with Crippen LogP contribution in [-0.4, -0.2) is 31.3 Å². The second-order valence-electron chi connectivity index (χ2n) is 4.75. The Balaban J connectivity index is 1.83. The largest absolute Gasteiger partial charge is 0.477 e. The van der Waals surface area contributed by atoms with E-state index in [1.165, 1.54) is 5.56 Å². The van der Waals surface area contributed by atoms with Crippen molar-refractivity contribution in [1.82, 2.24) is 10.3 Å². The molecule has 1 aliphatic heterocycles. The van der Waals surface area contributed by atoms with Crippen molar-refractivity contribution < 1.29 is 9.47 Å². The maximum Gasteiger partial charge on any atom is 0.213 e. The normalized spacial score (nSPS) is 20.9. The summed E-state index contributed by atoms with van der Waals surface area (Å²) in [6.45, 7) is 7.58. The van der Waals surface area contributed by atoms with Crippen LogP contribution < -0.4 is 10.1 Å². The van der Waals surface area contributed by atoms with Crippen LogP contribution >= 0.6 is 0 Å². The standard InChI is InChI=1S/C14H22N2O2/c1-3-15-11(2)13-4-5-14(16-8-13)18-10-12-6-7-17-9-12/h4-5,8,11-12,15H,3,6-7,9-10H2,1-2H3. The van der Waals surface area contributed by atoms with E-state index in [-0.39, 0.29) is 0 Å². The monoisotopic (exact) mass is 250 g/mol. The SMILES string of the molecule is CCNC(C)c1ccc(OCC2CCOC2)nc1. The van der Waals surface area contributed by atoms with Gasteiger partial charge in [-0.3, -0.25) is 0 Å². The Hall–Kier alpha value is -1.13. The molecule has 0 bridgehead atoms. The van der Waals surface area contributed by atoms with Crippen LogP contribution in [0.2, 0.25) is 0 Å². The van der Waals surface area contributed by atoms with Crippen molar-refractivity contribution in [3.05, 3.63) is 23.9 Å². The van der Waals surface area contributed by atoms with Crippen LogP contribution in [0.1, 0.15) is 31.9 Å². The maximum atomic E-state index is 5.67. The lowest BCUT2D eigenvalue weighted by Crippen LogP contribution is -2.18. The van der Waals surface area contributed by atoms with E-state index >= 15 is 0 Å². The van der Waals surface area contributed by atoms with Gasteiger partial charge in [-0.05, 0) is 25.5 Å². The van der Waals surface area contributed by atoms with Gasteiger partial charge in [0.15, 0.2) is 0 Å². The molecule has 1 aromatic rings. The molecule has 4 nitrogen and oxygen atoms in total. The molecule has 0 aliphatic carbocycles. The average Bonchev–Trinajstić information content (AvgIpc) is 2.90. The minimum Gasteiger partial charge on any atom is -0.477 e. The van der Waals surface area contributed by atoms with Crippen molar-refractivity contribution in [3.63, 3.8) is 0 Å². The molecule has 0 amide bonds. The van der Waals surface area contributed by atoms with Crippen LogP contribution in [-0.2, 0) is 4.74 Å². The van der Waals surface area contributed by atoms with E-state index in [9.17, 15) is 0 Å². The van der Waals surface area contributed by atoms with Crippen LogP contribution in [0.4, 0.5) is 0 Å². The summed E-state index contributed by atoms with van der Waals surface area (Å²) in [6.07, 6.45) is 2.98. The third-order valence-corrected chi connectivity index (χ3v) is 3.26. The zero-order valence-corrected chi connectivity index (χ0v) is 11.2. The number of hydrogen-bond acceptors (Lipinski definition) is 4. The van der Waals surface area contributed by atoms with E-state index in [1.54, 1.807) is 0 Å². The van der Waals surface area contributed by atoms with Crippen LogP contribution in [0.25, 0.3) is 0 Å². The van der Waals surface area contributed by atoms with Crippen LogP contribution in [0.15, 0.2) is 18.3 Å². The molecular formula is C14H22N2O2. The van der Waals surface area contributed by atoms with Gasteiger partial charge in [-0.2, -0.15) is 0 Å². The Morgan fingerprint density at radius 1 is 1.56 bits per heavy atom. The summed E-state index contributed by atoms with van der Waals surface area (Å²) < 4.78 is 11.0. The van der Waals surface area contributed by atoms with Crippen molar-refractivity contribution in [1.29, 1.82) is 0 Å². The fourth-order valence-electron chi connectivity index (χ4n) is 2.08. The van der Waals surface area contributed by atoms with Crippen molar-refractivity contribution in [2.75, 3.05) is 26.4 Å². The van der Waals surface area contributed by atoms with Gasteiger partial charge in [-0.15, -0.1) is 0 Å². The summed E-state index contributed by atoms with van der Waals surface area (Å²) in [6, 6.07) is 4.35. The number of hydrogen-bond donors (Lipinski definition) is 1. The van der Waals surface area contributed by atoms with Gasteiger partial charge in [-0.25, -0.2) is 4.98 Å². The van der Waals surface area contributed by atoms with Crippen molar-refractivity contribution in [2.24, 2.45) is 5.92 Å².